The molecule has 0 fully saturated rings. The van der Waals surface area contributed by atoms with Crippen LogP contribution >= 0.6 is 35.0 Å². The molecular weight excluding hydrogens is 471 g/mol. The minimum absolute atomic E-state index is 0.329. The van der Waals surface area contributed by atoms with Crippen molar-refractivity contribution in [1.82, 2.24) is 9.78 Å². The fourth-order valence-corrected chi connectivity index (χ4v) is 3.69. The van der Waals surface area contributed by atoms with E-state index in [9.17, 15) is 26.3 Å². The van der Waals surface area contributed by atoms with Gasteiger partial charge in [0.1, 0.15) is 17.5 Å². The average molecular weight is 480 g/mol. The Morgan fingerprint density at radius 2 is 1.76 bits per heavy atom. The van der Waals surface area contributed by atoms with Gasteiger partial charge in [0.25, 0.3) is 0 Å². The summed E-state index contributed by atoms with van der Waals surface area (Å²) in [6, 6.07) is 1.77. The summed E-state index contributed by atoms with van der Waals surface area (Å²) in [7, 11) is 2.26. The molecule has 2 rings (SSSR count). The summed E-state index contributed by atoms with van der Waals surface area (Å²) in [5.74, 6) is 0. The van der Waals surface area contributed by atoms with Gasteiger partial charge in [0.05, 0.1) is 32.3 Å². The van der Waals surface area contributed by atoms with Crippen LogP contribution < -0.4 is 0 Å². The Morgan fingerprint density at radius 1 is 1.17 bits per heavy atom. The third kappa shape index (κ3) is 4.92. The van der Waals surface area contributed by atoms with Gasteiger partial charge in [-0.2, -0.15) is 36.7 Å². The maximum Gasteiger partial charge on any atom is 0.446 e. The second-order valence-corrected chi connectivity index (χ2v) is 7.10. The lowest BCUT2D eigenvalue weighted by molar-refractivity contribution is -0.137. The molecule has 0 N–H and O–H groups in total. The van der Waals surface area contributed by atoms with E-state index in [2.05, 4.69) is 5.10 Å². The van der Waals surface area contributed by atoms with Crippen molar-refractivity contribution in [3.05, 3.63) is 39.1 Å². The van der Waals surface area contributed by atoms with Crippen LogP contribution in [-0.4, -0.2) is 29.5 Å². The van der Waals surface area contributed by atoms with Crippen LogP contribution in [0.3, 0.4) is 0 Å². The van der Waals surface area contributed by atoms with Crippen molar-refractivity contribution < 1.29 is 35.8 Å². The summed E-state index contributed by atoms with van der Waals surface area (Å²) in [6.45, 7) is 0. The Labute approximate surface area is 174 Å². The van der Waals surface area contributed by atoms with Crippen molar-refractivity contribution in [3.63, 3.8) is 0 Å². The third-order valence-corrected chi connectivity index (χ3v) is 4.89. The topological polar surface area (TPSA) is 60.1 Å². The van der Waals surface area contributed by atoms with Crippen molar-refractivity contribution in [2.45, 2.75) is 22.9 Å². The molecule has 0 saturated heterocycles. The number of halogens is 8. The van der Waals surface area contributed by atoms with Gasteiger partial charge >= 0.3 is 11.7 Å². The van der Waals surface area contributed by atoms with Crippen molar-refractivity contribution in [1.29, 1.82) is 5.26 Å². The zero-order valence-corrected chi connectivity index (χ0v) is 16.7. The number of rotatable bonds is 5. The molecule has 2 aromatic rings. The minimum atomic E-state index is -4.94. The summed E-state index contributed by atoms with van der Waals surface area (Å²) in [6.07, 6.45) is -5.54. The van der Waals surface area contributed by atoms with Crippen LogP contribution in [0.2, 0.25) is 10.0 Å². The first-order valence-corrected chi connectivity index (χ1v) is 8.81. The lowest BCUT2D eigenvalue weighted by Crippen LogP contribution is -2.15. The van der Waals surface area contributed by atoms with Gasteiger partial charge in [0.2, 0.25) is 6.29 Å². The van der Waals surface area contributed by atoms with Gasteiger partial charge in [-0.3, -0.25) is 0 Å². The van der Waals surface area contributed by atoms with Crippen LogP contribution in [-0.2, 0) is 15.7 Å². The minimum Gasteiger partial charge on any atom is -0.350 e. The highest BCUT2D eigenvalue weighted by atomic mass is 35.5. The van der Waals surface area contributed by atoms with Crippen molar-refractivity contribution in [2.75, 3.05) is 14.2 Å². The Kier molecular flexibility index (Phi) is 7.01. The number of ether oxygens (including phenoxy) is 2. The van der Waals surface area contributed by atoms with E-state index in [-0.39, 0.29) is 5.69 Å². The van der Waals surface area contributed by atoms with Crippen molar-refractivity contribution in [2.24, 2.45) is 0 Å². The summed E-state index contributed by atoms with van der Waals surface area (Å²) in [5, 5.41) is 11.6. The Morgan fingerprint density at radius 3 is 2.21 bits per heavy atom. The number of hydrogen-bond acceptors (Lipinski definition) is 5. The highest BCUT2D eigenvalue weighted by Crippen LogP contribution is 2.45. The first-order valence-electron chi connectivity index (χ1n) is 7.24. The average Bonchev–Trinajstić information content (AvgIpc) is 2.96. The van der Waals surface area contributed by atoms with Crippen LogP contribution in [0.15, 0.2) is 17.2 Å². The normalized spacial score (nSPS) is 12.5. The first-order chi connectivity index (χ1) is 13.4. The second-order valence-electron chi connectivity index (χ2n) is 5.21. The summed E-state index contributed by atoms with van der Waals surface area (Å²) >= 11 is 11.4. The molecule has 5 nitrogen and oxygen atoms in total. The Bertz CT molecular complexity index is 951. The predicted molar refractivity (Wildman–Crippen MR) is 92.0 cm³/mol. The second kappa shape index (κ2) is 8.61. The number of alkyl halides is 6. The highest BCUT2D eigenvalue weighted by molar-refractivity contribution is 8.00. The maximum absolute atomic E-state index is 13.2. The number of nitriles is 1. The monoisotopic (exact) mass is 479 g/mol. The van der Waals surface area contributed by atoms with E-state index in [0.717, 1.165) is 25.1 Å². The molecule has 0 radical (unpaired) electrons. The molecule has 1 heterocycles. The zero-order chi connectivity index (χ0) is 22.1. The molecule has 1 aromatic heterocycles. The highest BCUT2D eigenvalue weighted by Gasteiger charge is 2.38. The van der Waals surface area contributed by atoms with Crippen LogP contribution in [0.5, 0.6) is 0 Å². The van der Waals surface area contributed by atoms with E-state index in [0.29, 0.717) is 6.07 Å². The third-order valence-electron chi connectivity index (χ3n) is 3.47. The van der Waals surface area contributed by atoms with Crippen LogP contribution in [0, 0.1) is 11.3 Å². The van der Waals surface area contributed by atoms with Gasteiger partial charge in [-0.05, 0) is 17.8 Å². The standard InChI is InChI=1S/C15H9Cl2F6N3O2S/c1-27-13(28-2)12-9(29-15(21,22)23)5-25-26(12)11-8(16)3-7(14(18,19)20)6(4-24)10(11)17/h3,5,13H,1-2H3. The van der Waals surface area contributed by atoms with E-state index in [1.54, 1.807) is 0 Å². The fourth-order valence-electron chi connectivity index (χ4n) is 2.40. The lowest BCUT2D eigenvalue weighted by Gasteiger charge is -2.20. The molecule has 0 unspecified atom stereocenters. The number of benzene rings is 1. The molecule has 0 aliphatic heterocycles. The molecule has 158 valence electrons. The lowest BCUT2D eigenvalue weighted by atomic mass is 10.1. The molecule has 0 saturated carbocycles. The van der Waals surface area contributed by atoms with E-state index in [1.165, 1.54) is 6.07 Å². The number of thioether (sulfide) groups is 1. The molecule has 0 spiro atoms. The number of methoxy groups -OCH3 is 2. The van der Waals surface area contributed by atoms with Crippen LogP contribution in [0.25, 0.3) is 5.69 Å². The van der Waals surface area contributed by atoms with Crippen LogP contribution in [0.1, 0.15) is 23.1 Å². The van der Waals surface area contributed by atoms with E-state index in [1.807, 2.05) is 0 Å². The molecule has 0 atom stereocenters. The summed E-state index contributed by atoms with van der Waals surface area (Å²) in [5.41, 5.74) is -7.82. The Hall–Kier alpha value is -1.65. The molecular formula is C15H9Cl2F6N3O2S. The largest absolute Gasteiger partial charge is 0.446 e. The number of aromatic nitrogens is 2. The van der Waals surface area contributed by atoms with Gasteiger partial charge in [0, 0.05) is 14.2 Å². The summed E-state index contributed by atoms with van der Waals surface area (Å²) < 4.78 is 88.9. The van der Waals surface area contributed by atoms with Crippen molar-refractivity contribution >= 4 is 35.0 Å². The van der Waals surface area contributed by atoms with Crippen molar-refractivity contribution in [3.8, 4) is 11.8 Å². The maximum atomic E-state index is 13.2. The molecule has 0 bridgehead atoms. The molecule has 0 amide bonds. The summed E-state index contributed by atoms with van der Waals surface area (Å²) in [4.78, 5) is -0.461. The number of hydrogen-bond donors (Lipinski definition) is 0. The van der Waals surface area contributed by atoms with E-state index < -0.39 is 61.5 Å². The van der Waals surface area contributed by atoms with Gasteiger partial charge in [-0.25, -0.2) is 4.68 Å². The Balaban J connectivity index is 2.83. The zero-order valence-electron chi connectivity index (χ0n) is 14.3. The van der Waals surface area contributed by atoms with Gasteiger partial charge in [-0.1, -0.05) is 23.2 Å². The molecule has 1 aromatic carbocycles. The predicted octanol–water partition coefficient (Wildman–Crippen LogP) is 5.97. The van der Waals surface area contributed by atoms with Gasteiger partial charge < -0.3 is 9.47 Å². The van der Waals surface area contributed by atoms with Crippen LogP contribution in [0.4, 0.5) is 26.3 Å². The molecule has 29 heavy (non-hydrogen) atoms. The van der Waals surface area contributed by atoms with E-state index >= 15 is 0 Å². The number of nitrogens with zero attached hydrogens (tertiary/aromatic N) is 3. The SMILES string of the molecule is COC(OC)c1c(SC(F)(F)F)cnn1-c1c(Cl)cc(C(F)(F)F)c(C#N)c1Cl. The van der Waals surface area contributed by atoms with E-state index in [4.69, 9.17) is 37.9 Å². The fraction of sp³-hybridized carbons (Fsp3) is 0.333. The van der Waals surface area contributed by atoms with Gasteiger partial charge in [-0.15, -0.1) is 0 Å². The molecule has 0 aliphatic rings. The molecule has 14 heteroatoms. The first kappa shape index (κ1) is 23.6. The quantitative estimate of drug-likeness (QED) is 0.300. The molecule has 0 aliphatic carbocycles. The van der Waals surface area contributed by atoms with Gasteiger partial charge in [0.15, 0.2) is 0 Å². The smallest absolute Gasteiger partial charge is 0.350 e.